The molecule has 0 spiro atoms. The van der Waals surface area contributed by atoms with Gasteiger partial charge in [-0.15, -0.1) is 0 Å². The van der Waals surface area contributed by atoms with Gasteiger partial charge in [-0.05, 0) is 5.56 Å². The first kappa shape index (κ1) is 9.65. The summed E-state index contributed by atoms with van der Waals surface area (Å²) in [7, 11) is 0. The molecule has 0 amide bonds. The van der Waals surface area contributed by atoms with Gasteiger partial charge in [-0.25, -0.2) is 4.39 Å². The molecule has 0 saturated carbocycles. The van der Waals surface area contributed by atoms with E-state index in [1.54, 1.807) is 6.07 Å². The van der Waals surface area contributed by atoms with Crippen LogP contribution >= 0.6 is 0 Å². The first-order chi connectivity index (χ1) is 7.25. The van der Waals surface area contributed by atoms with Gasteiger partial charge in [0.1, 0.15) is 12.0 Å². The Labute approximate surface area is 87.0 Å². The van der Waals surface area contributed by atoms with Crippen LogP contribution in [0.2, 0.25) is 0 Å². The molecule has 1 aromatic carbocycles. The van der Waals surface area contributed by atoms with Crippen molar-refractivity contribution < 1.29 is 8.91 Å². The molecule has 76 valence electrons. The molecule has 1 heterocycles. The van der Waals surface area contributed by atoms with E-state index in [2.05, 4.69) is 11.7 Å². The Hall–Kier alpha value is -1.90. The highest BCUT2D eigenvalue weighted by Gasteiger charge is 2.01. The summed E-state index contributed by atoms with van der Waals surface area (Å²) < 4.78 is 17.3. The van der Waals surface area contributed by atoms with Crippen LogP contribution in [0.1, 0.15) is 5.56 Å². The highest BCUT2D eigenvalue weighted by atomic mass is 19.1. The molecule has 2 aromatic rings. The average molecular weight is 203 g/mol. The normalized spacial score (nSPS) is 10.2. The maximum atomic E-state index is 12.5. The van der Waals surface area contributed by atoms with E-state index in [9.17, 15) is 4.39 Å². The number of rotatable bonds is 3. The minimum Gasteiger partial charge on any atom is -0.364 e. The molecule has 0 atom stereocenters. The summed E-state index contributed by atoms with van der Waals surface area (Å²) in [5, 5.41) is 3.81. The summed E-state index contributed by atoms with van der Waals surface area (Å²) in [6.45, 7) is 3.23. The number of hydrogen-bond acceptors (Lipinski definition) is 2. The van der Waals surface area contributed by atoms with Crippen LogP contribution in [0.25, 0.3) is 11.3 Å². The Morgan fingerprint density at radius 3 is 2.53 bits per heavy atom. The van der Waals surface area contributed by atoms with Crippen LogP contribution in [0.3, 0.4) is 0 Å². The van der Waals surface area contributed by atoms with Gasteiger partial charge in [0, 0.05) is 18.1 Å². The maximum absolute atomic E-state index is 12.5. The molecule has 0 aliphatic rings. The first-order valence-electron chi connectivity index (χ1n) is 4.58. The number of hydrogen-bond donors (Lipinski definition) is 0. The summed E-state index contributed by atoms with van der Waals surface area (Å²) in [6, 6.07) is 9.26. The van der Waals surface area contributed by atoms with Crippen LogP contribution in [0, 0.1) is 0 Å². The standard InChI is InChI=1S/C12H10FNO/c1-9(13)8-10-2-4-11(5-3-10)12-6-7-15-14-12/h2-7H,1,8H2. The monoisotopic (exact) mass is 203 g/mol. The molecule has 0 fully saturated rings. The molecule has 2 rings (SSSR count). The Kier molecular flexibility index (Phi) is 2.63. The lowest BCUT2D eigenvalue weighted by atomic mass is 10.1. The van der Waals surface area contributed by atoms with E-state index in [0.29, 0.717) is 0 Å². The third-order valence-electron chi connectivity index (χ3n) is 2.08. The van der Waals surface area contributed by atoms with Gasteiger partial charge in [0.25, 0.3) is 0 Å². The number of benzene rings is 1. The van der Waals surface area contributed by atoms with Gasteiger partial charge >= 0.3 is 0 Å². The molecule has 0 N–H and O–H groups in total. The van der Waals surface area contributed by atoms with Gasteiger partial charge in [-0.2, -0.15) is 0 Å². The average Bonchev–Trinajstić information content (AvgIpc) is 2.71. The molecule has 2 nitrogen and oxygen atoms in total. The van der Waals surface area contributed by atoms with E-state index < -0.39 is 0 Å². The largest absolute Gasteiger partial charge is 0.364 e. The lowest BCUT2D eigenvalue weighted by Gasteiger charge is -1.99. The predicted molar refractivity (Wildman–Crippen MR) is 55.9 cm³/mol. The zero-order valence-electron chi connectivity index (χ0n) is 8.11. The van der Waals surface area contributed by atoms with Crippen LogP contribution in [-0.4, -0.2) is 5.16 Å². The number of allylic oxidation sites excluding steroid dienone is 1. The SMILES string of the molecule is C=C(F)Cc1ccc(-c2ccon2)cc1. The highest BCUT2D eigenvalue weighted by Crippen LogP contribution is 2.18. The zero-order valence-corrected chi connectivity index (χ0v) is 8.11. The second-order valence-corrected chi connectivity index (χ2v) is 3.28. The number of nitrogens with zero attached hydrogens (tertiary/aromatic N) is 1. The maximum Gasteiger partial charge on any atom is 0.124 e. The third-order valence-corrected chi connectivity index (χ3v) is 2.08. The lowest BCUT2D eigenvalue weighted by Crippen LogP contribution is -1.84. The van der Waals surface area contributed by atoms with Crippen molar-refractivity contribution in [2.45, 2.75) is 6.42 Å². The van der Waals surface area contributed by atoms with Crippen molar-refractivity contribution in [1.29, 1.82) is 0 Å². The van der Waals surface area contributed by atoms with E-state index in [-0.39, 0.29) is 12.2 Å². The lowest BCUT2D eigenvalue weighted by molar-refractivity contribution is 0.422. The molecule has 0 aliphatic heterocycles. The van der Waals surface area contributed by atoms with Crippen molar-refractivity contribution in [3.63, 3.8) is 0 Å². The fraction of sp³-hybridized carbons (Fsp3) is 0.0833. The van der Waals surface area contributed by atoms with Crippen molar-refractivity contribution in [3.8, 4) is 11.3 Å². The summed E-state index contributed by atoms with van der Waals surface area (Å²) in [5.74, 6) is -0.329. The molecule has 15 heavy (non-hydrogen) atoms. The number of aromatic nitrogens is 1. The molecule has 0 unspecified atom stereocenters. The van der Waals surface area contributed by atoms with Crippen molar-refractivity contribution in [2.75, 3.05) is 0 Å². The molecular formula is C12H10FNO. The summed E-state index contributed by atoms with van der Waals surface area (Å²) in [6.07, 6.45) is 1.78. The second kappa shape index (κ2) is 4.09. The van der Waals surface area contributed by atoms with Crippen molar-refractivity contribution in [2.24, 2.45) is 0 Å². The Balaban J connectivity index is 2.21. The molecule has 1 aromatic heterocycles. The van der Waals surface area contributed by atoms with E-state index >= 15 is 0 Å². The van der Waals surface area contributed by atoms with E-state index in [4.69, 9.17) is 4.52 Å². The highest BCUT2D eigenvalue weighted by molar-refractivity contribution is 5.58. The fourth-order valence-electron chi connectivity index (χ4n) is 1.38. The van der Waals surface area contributed by atoms with E-state index in [0.717, 1.165) is 16.8 Å². The van der Waals surface area contributed by atoms with E-state index in [1.807, 2.05) is 24.3 Å². The zero-order chi connectivity index (χ0) is 10.7. The third kappa shape index (κ3) is 2.31. The van der Waals surface area contributed by atoms with Crippen LogP contribution in [0.5, 0.6) is 0 Å². The predicted octanol–water partition coefficient (Wildman–Crippen LogP) is 3.37. The second-order valence-electron chi connectivity index (χ2n) is 3.28. The smallest absolute Gasteiger partial charge is 0.124 e. The van der Waals surface area contributed by atoms with Gasteiger partial charge in [0.05, 0.1) is 5.83 Å². The van der Waals surface area contributed by atoms with Crippen LogP contribution in [0.15, 0.2) is 53.5 Å². The van der Waals surface area contributed by atoms with Gasteiger partial charge in [-0.1, -0.05) is 36.0 Å². The molecule has 0 radical (unpaired) electrons. The first-order valence-corrected chi connectivity index (χ1v) is 4.58. The molecule has 0 saturated heterocycles. The van der Waals surface area contributed by atoms with Crippen molar-refractivity contribution in [1.82, 2.24) is 5.16 Å². The minimum absolute atomic E-state index is 0.263. The molecule has 0 aliphatic carbocycles. The summed E-state index contributed by atoms with van der Waals surface area (Å²) >= 11 is 0. The van der Waals surface area contributed by atoms with Crippen molar-refractivity contribution >= 4 is 0 Å². The minimum atomic E-state index is -0.329. The van der Waals surface area contributed by atoms with Gasteiger partial charge < -0.3 is 4.52 Å². The van der Waals surface area contributed by atoms with Crippen LogP contribution < -0.4 is 0 Å². The number of halogens is 1. The summed E-state index contributed by atoms with van der Waals surface area (Å²) in [5.41, 5.74) is 2.63. The Bertz CT molecular complexity index is 445. The Morgan fingerprint density at radius 2 is 2.00 bits per heavy atom. The topological polar surface area (TPSA) is 26.0 Å². The van der Waals surface area contributed by atoms with Crippen LogP contribution in [0.4, 0.5) is 4.39 Å². The fourth-order valence-corrected chi connectivity index (χ4v) is 1.38. The van der Waals surface area contributed by atoms with Crippen molar-refractivity contribution in [3.05, 3.63) is 54.6 Å². The van der Waals surface area contributed by atoms with Crippen LogP contribution in [-0.2, 0) is 6.42 Å². The quantitative estimate of drug-likeness (QED) is 0.764. The van der Waals surface area contributed by atoms with Gasteiger partial charge in [0.2, 0.25) is 0 Å². The summed E-state index contributed by atoms with van der Waals surface area (Å²) in [4.78, 5) is 0. The molecular weight excluding hydrogens is 193 g/mol. The van der Waals surface area contributed by atoms with Gasteiger partial charge in [0.15, 0.2) is 0 Å². The van der Waals surface area contributed by atoms with Gasteiger partial charge in [-0.3, -0.25) is 0 Å². The van der Waals surface area contributed by atoms with E-state index in [1.165, 1.54) is 6.26 Å². The Morgan fingerprint density at radius 1 is 1.27 bits per heavy atom. The molecule has 3 heteroatoms. The molecule has 0 bridgehead atoms.